The molecule has 1 rings (SSSR count). The number of amides is 2. The second kappa shape index (κ2) is 10.6. The number of carbonyl (C=O) groups is 3. The van der Waals surface area contributed by atoms with Crippen LogP contribution in [0.1, 0.15) is 39.0 Å². The van der Waals surface area contributed by atoms with Gasteiger partial charge in [0, 0.05) is 29.4 Å². The van der Waals surface area contributed by atoms with Crippen molar-refractivity contribution < 1.29 is 36.5 Å². The monoisotopic (exact) mass is 414 g/mol. The Balaban J connectivity index is 2.79. The first-order valence-corrected chi connectivity index (χ1v) is 10.5. The first kappa shape index (κ1) is 23.4. The quantitative estimate of drug-likeness (QED) is 0.451. The first-order chi connectivity index (χ1) is 12.6. The minimum absolute atomic E-state index is 0.0275. The molecule has 0 aromatic rings. The van der Waals surface area contributed by atoms with Gasteiger partial charge in [-0.1, -0.05) is 13.3 Å². The van der Waals surface area contributed by atoms with E-state index in [0.717, 1.165) is 6.42 Å². The minimum atomic E-state index is -5.07. The molecule has 7 nitrogen and oxygen atoms in total. The van der Waals surface area contributed by atoms with Crippen LogP contribution < -0.4 is 5.32 Å². The van der Waals surface area contributed by atoms with Crippen LogP contribution >= 0.6 is 0 Å². The molecular formula is C16H25F3N2O5S. The third-order valence-corrected chi connectivity index (χ3v) is 4.91. The van der Waals surface area contributed by atoms with Crippen molar-refractivity contribution >= 4 is 28.6 Å². The van der Waals surface area contributed by atoms with E-state index < -0.39 is 46.8 Å². The molecule has 3 atom stereocenters. The zero-order valence-corrected chi connectivity index (χ0v) is 16.2. The number of hydrogen-bond acceptors (Lipinski definition) is 5. The van der Waals surface area contributed by atoms with Crippen molar-refractivity contribution in [1.29, 1.82) is 0 Å². The molecule has 11 heteroatoms. The van der Waals surface area contributed by atoms with Gasteiger partial charge in [-0.25, -0.2) is 4.79 Å². The molecule has 1 saturated heterocycles. The van der Waals surface area contributed by atoms with Gasteiger partial charge in [0.2, 0.25) is 5.91 Å². The summed E-state index contributed by atoms with van der Waals surface area (Å²) in [6.45, 7) is 1.87. The standard InChI is InChI=1S/C16H25F3N2O5S/c1-3-4-9-26-14(23)11(7-10-27(2)25)20-13(22)12-6-5-8-21(12)15(24)16(17,18)19/h11-12H,3-10H2,1-2H3,(H,20,22)/t11-,12-,27?/m0/s1. The molecule has 1 N–H and O–H groups in total. The molecule has 0 bridgehead atoms. The van der Waals surface area contributed by atoms with Gasteiger partial charge >= 0.3 is 18.1 Å². The predicted molar refractivity (Wildman–Crippen MR) is 92.1 cm³/mol. The molecule has 0 aromatic carbocycles. The van der Waals surface area contributed by atoms with Crippen molar-refractivity contribution in [2.24, 2.45) is 0 Å². The van der Waals surface area contributed by atoms with Crippen LogP contribution in [0.15, 0.2) is 0 Å². The van der Waals surface area contributed by atoms with Crippen molar-refractivity contribution in [2.75, 3.05) is 25.2 Å². The largest absolute Gasteiger partial charge is 0.471 e. The summed E-state index contributed by atoms with van der Waals surface area (Å²) in [6, 6.07) is -2.42. The van der Waals surface area contributed by atoms with Gasteiger partial charge in [-0.2, -0.15) is 13.2 Å². The molecule has 0 saturated carbocycles. The molecule has 1 aliphatic heterocycles. The lowest BCUT2D eigenvalue weighted by Crippen LogP contribution is -2.53. The molecule has 0 aromatic heterocycles. The number of likely N-dealkylation sites (tertiary alicyclic amines) is 1. The summed E-state index contributed by atoms with van der Waals surface area (Å²) in [4.78, 5) is 36.5. The van der Waals surface area contributed by atoms with Crippen LogP contribution in [0.25, 0.3) is 0 Å². The van der Waals surface area contributed by atoms with E-state index in [2.05, 4.69) is 5.32 Å². The van der Waals surface area contributed by atoms with E-state index in [-0.39, 0.29) is 38.2 Å². The Bertz CT molecular complexity index is 571. The third-order valence-electron chi connectivity index (χ3n) is 4.10. The Labute approximate surface area is 158 Å². The molecule has 0 radical (unpaired) electrons. The average Bonchev–Trinajstić information content (AvgIpc) is 3.06. The lowest BCUT2D eigenvalue weighted by molar-refractivity contribution is -0.186. The first-order valence-electron chi connectivity index (χ1n) is 8.72. The Morgan fingerprint density at radius 1 is 1.33 bits per heavy atom. The van der Waals surface area contributed by atoms with E-state index >= 15 is 0 Å². The summed E-state index contributed by atoms with van der Waals surface area (Å²) in [7, 11) is -1.23. The molecule has 1 aliphatic rings. The van der Waals surface area contributed by atoms with Crippen molar-refractivity contribution in [3.63, 3.8) is 0 Å². The summed E-state index contributed by atoms with van der Waals surface area (Å²) in [5.41, 5.74) is 0. The molecule has 0 aliphatic carbocycles. The number of nitrogens with one attached hydrogen (secondary N) is 1. The SMILES string of the molecule is CCCCOC(=O)[C@H](CCS(C)=O)NC(=O)[C@@H]1CCCN1C(=O)C(F)(F)F. The van der Waals surface area contributed by atoms with Gasteiger partial charge in [0.1, 0.15) is 12.1 Å². The second-order valence-corrected chi connectivity index (χ2v) is 7.86. The second-order valence-electron chi connectivity index (χ2n) is 6.30. The summed E-state index contributed by atoms with van der Waals surface area (Å²) in [6.07, 6.45) is -1.86. The van der Waals surface area contributed by atoms with E-state index in [1.807, 2.05) is 6.92 Å². The van der Waals surface area contributed by atoms with Crippen molar-refractivity contribution in [3.05, 3.63) is 0 Å². The van der Waals surface area contributed by atoms with E-state index in [1.165, 1.54) is 6.26 Å². The van der Waals surface area contributed by atoms with Gasteiger partial charge < -0.3 is 15.0 Å². The van der Waals surface area contributed by atoms with Gasteiger partial charge in [-0.05, 0) is 25.7 Å². The van der Waals surface area contributed by atoms with Gasteiger partial charge in [-0.15, -0.1) is 0 Å². The Morgan fingerprint density at radius 2 is 2.00 bits per heavy atom. The lowest BCUT2D eigenvalue weighted by atomic mass is 10.1. The Kier molecular flexibility index (Phi) is 9.20. The predicted octanol–water partition coefficient (Wildman–Crippen LogP) is 1.14. The Morgan fingerprint density at radius 3 is 2.56 bits per heavy atom. The fourth-order valence-electron chi connectivity index (χ4n) is 2.66. The highest BCUT2D eigenvalue weighted by Gasteiger charge is 2.48. The van der Waals surface area contributed by atoms with Crippen LogP contribution in [0.5, 0.6) is 0 Å². The maximum atomic E-state index is 12.7. The van der Waals surface area contributed by atoms with Crippen LogP contribution in [-0.2, 0) is 29.9 Å². The van der Waals surface area contributed by atoms with E-state index in [4.69, 9.17) is 4.74 Å². The van der Waals surface area contributed by atoms with Crippen molar-refractivity contribution in [1.82, 2.24) is 10.2 Å². The van der Waals surface area contributed by atoms with Crippen molar-refractivity contribution in [2.45, 2.75) is 57.3 Å². The lowest BCUT2D eigenvalue weighted by Gasteiger charge is -2.26. The number of rotatable bonds is 9. The summed E-state index contributed by atoms with van der Waals surface area (Å²) in [5.74, 6) is -3.53. The highest BCUT2D eigenvalue weighted by molar-refractivity contribution is 7.84. The zero-order valence-electron chi connectivity index (χ0n) is 15.3. The zero-order chi connectivity index (χ0) is 20.6. The normalized spacial score (nSPS) is 19.4. The maximum absolute atomic E-state index is 12.7. The topological polar surface area (TPSA) is 92.8 Å². The van der Waals surface area contributed by atoms with Crippen LogP contribution in [0.2, 0.25) is 0 Å². The molecule has 27 heavy (non-hydrogen) atoms. The number of carbonyl (C=O) groups excluding carboxylic acids is 3. The third kappa shape index (κ3) is 7.47. The van der Waals surface area contributed by atoms with Crippen LogP contribution in [0, 0.1) is 0 Å². The summed E-state index contributed by atoms with van der Waals surface area (Å²) in [5, 5.41) is 2.37. The fourth-order valence-corrected chi connectivity index (χ4v) is 3.23. The number of esters is 1. The van der Waals surface area contributed by atoms with Gasteiger partial charge in [-0.3, -0.25) is 13.8 Å². The maximum Gasteiger partial charge on any atom is 0.471 e. The van der Waals surface area contributed by atoms with Gasteiger partial charge in [0.05, 0.1) is 6.61 Å². The smallest absolute Gasteiger partial charge is 0.464 e. The van der Waals surface area contributed by atoms with Gasteiger partial charge in [0.15, 0.2) is 0 Å². The van der Waals surface area contributed by atoms with E-state index in [0.29, 0.717) is 11.3 Å². The summed E-state index contributed by atoms with van der Waals surface area (Å²) >= 11 is 0. The molecule has 156 valence electrons. The molecule has 1 heterocycles. The number of ether oxygens (including phenoxy) is 1. The van der Waals surface area contributed by atoms with Crippen LogP contribution in [0.3, 0.4) is 0 Å². The van der Waals surface area contributed by atoms with Gasteiger partial charge in [0.25, 0.3) is 0 Å². The van der Waals surface area contributed by atoms with Crippen molar-refractivity contribution in [3.8, 4) is 0 Å². The fraction of sp³-hybridized carbons (Fsp3) is 0.812. The van der Waals surface area contributed by atoms with E-state index in [1.54, 1.807) is 0 Å². The number of unbranched alkanes of at least 4 members (excludes halogenated alkanes) is 1. The Hall–Kier alpha value is -1.65. The van der Waals surface area contributed by atoms with E-state index in [9.17, 15) is 31.8 Å². The molecule has 1 unspecified atom stereocenters. The molecular weight excluding hydrogens is 389 g/mol. The van der Waals surface area contributed by atoms with Crippen LogP contribution in [0.4, 0.5) is 13.2 Å². The molecule has 1 fully saturated rings. The molecule has 0 spiro atoms. The number of nitrogens with zero attached hydrogens (tertiary/aromatic N) is 1. The minimum Gasteiger partial charge on any atom is -0.464 e. The average molecular weight is 414 g/mol. The number of hydrogen-bond donors (Lipinski definition) is 1. The highest BCUT2D eigenvalue weighted by Crippen LogP contribution is 2.25. The molecule has 2 amide bonds. The highest BCUT2D eigenvalue weighted by atomic mass is 32.2. The number of halogens is 3. The summed E-state index contributed by atoms with van der Waals surface area (Å²) < 4.78 is 54.4. The van der Waals surface area contributed by atoms with Crippen LogP contribution in [-0.4, -0.2) is 70.3 Å². The number of alkyl halides is 3.